The van der Waals surface area contributed by atoms with E-state index in [1.54, 1.807) is 12.7 Å². The van der Waals surface area contributed by atoms with Gasteiger partial charge in [0.05, 0.1) is 6.04 Å². The third kappa shape index (κ3) is 1.35. The van der Waals surface area contributed by atoms with Gasteiger partial charge in [-0.25, -0.2) is 0 Å². The SMILES string of the molecule is CC(c1nncn1C)n1cn[nH]c1=S. The minimum absolute atomic E-state index is 0.0359. The fourth-order valence-corrected chi connectivity index (χ4v) is 1.59. The summed E-state index contributed by atoms with van der Waals surface area (Å²) >= 11 is 5.07. The first-order chi connectivity index (χ1) is 6.70. The number of hydrogen-bond donors (Lipinski definition) is 1. The van der Waals surface area contributed by atoms with E-state index in [1.165, 1.54) is 0 Å². The van der Waals surface area contributed by atoms with Crippen molar-refractivity contribution >= 4 is 12.2 Å². The van der Waals surface area contributed by atoms with Gasteiger partial charge in [0.25, 0.3) is 0 Å². The maximum absolute atomic E-state index is 5.07. The molecule has 14 heavy (non-hydrogen) atoms. The van der Waals surface area contributed by atoms with E-state index < -0.39 is 0 Å². The van der Waals surface area contributed by atoms with Crippen molar-refractivity contribution in [2.75, 3.05) is 0 Å². The summed E-state index contributed by atoms with van der Waals surface area (Å²) in [5.41, 5.74) is 0. The van der Waals surface area contributed by atoms with E-state index in [1.807, 2.05) is 23.1 Å². The van der Waals surface area contributed by atoms with Crippen molar-refractivity contribution in [1.82, 2.24) is 29.5 Å². The molecule has 0 saturated heterocycles. The summed E-state index contributed by atoms with van der Waals surface area (Å²) in [5, 5.41) is 14.4. The van der Waals surface area contributed by atoms with Gasteiger partial charge >= 0.3 is 0 Å². The lowest BCUT2D eigenvalue weighted by Crippen LogP contribution is -2.11. The topological polar surface area (TPSA) is 64.3 Å². The third-order valence-corrected chi connectivity index (χ3v) is 2.42. The van der Waals surface area contributed by atoms with Gasteiger partial charge in [-0.05, 0) is 19.1 Å². The molecule has 2 aromatic heterocycles. The van der Waals surface area contributed by atoms with Crippen LogP contribution < -0.4 is 0 Å². The second-order valence-corrected chi connectivity index (χ2v) is 3.43. The average molecular weight is 210 g/mol. The first-order valence-corrected chi connectivity index (χ1v) is 4.56. The molecule has 0 aliphatic rings. The van der Waals surface area contributed by atoms with Gasteiger partial charge in [0.15, 0.2) is 10.6 Å². The second-order valence-electron chi connectivity index (χ2n) is 3.04. The maximum atomic E-state index is 5.07. The zero-order chi connectivity index (χ0) is 10.1. The van der Waals surface area contributed by atoms with Crippen LogP contribution in [-0.4, -0.2) is 29.5 Å². The first-order valence-electron chi connectivity index (χ1n) is 4.15. The monoisotopic (exact) mass is 210 g/mol. The molecule has 1 atom stereocenters. The summed E-state index contributed by atoms with van der Waals surface area (Å²) < 4.78 is 4.28. The second kappa shape index (κ2) is 3.33. The molecule has 2 heterocycles. The van der Waals surface area contributed by atoms with Crippen molar-refractivity contribution in [3.05, 3.63) is 23.3 Å². The minimum atomic E-state index is 0.0359. The fraction of sp³-hybridized carbons (Fsp3) is 0.429. The first kappa shape index (κ1) is 9.07. The number of rotatable bonds is 2. The van der Waals surface area contributed by atoms with Crippen LogP contribution >= 0.6 is 12.2 Å². The lowest BCUT2D eigenvalue weighted by atomic mass is 10.3. The van der Waals surface area contributed by atoms with Crippen molar-refractivity contribution < 1.29 is 0 Å². The van der Waals surface area contributed by atoms with Crippen LogP contribution in [0.4, 0.5) is 0 Å². The Hall–Kier alpha value is -1.50. The quantitative estimate of drug-likeness (QED) is 0.740. The molecule has 2 rings (SSSR count). The fourth-order valence-electron chi connectivity index (χ4n) is 1.33. The molecule has 0 radical (unpaired) electrons. The van der Waals surface area contributed by atoms with Crippen LogP contribution in [-0.2, 0) is 7.05 Å². The summed E-state index contributed by atoms with van der Waals surface area (Å²) in [6.07, 6.45) is 3.32. The van der Waals surface area contributed by atoms with Crippen molar-refractivity contribution in [3.8, 4) is 0 Å². The van der Waals surface area contributed by atoms with Gasteiger partial charge in [0, 0.05) is 7.05 Å². The number of hydrogen-bond acceptors (Lipinski definition) is 4. The lowest BCUT2D eigenvalue weighted by Gasteiger charge is -2.10. The minimum Gasteiger partial charge on any atom is -0.319 e. The van der Waals surface area contributed by atoms with Crippen molar-refractivity contribution in [2.24, 2.45) is 7.05 Å². The van der Waals surface area contributed by atoms with E-state index >= 15 is 0 Å². The Balaban J connectivity index is 2.43. The Morgan fingerprint density at radius 2 is 2.29 bits per heavy atom. The number of nitrogens with one attached hydrogen (secondary N) is 1. The third-order valence-electron chi connectivity index (χ3n) is 2.11. The van der Waals surface area contributed by atoms with Gasteiger partial charge < -0.3 is 4.57 Å². The molecule has 0 bridgehead atoms. The molecule has 0 aromatic carbocycles. The smallest absolute Gasteiger partial charge is 0.195 e. The molecule has 1 unspecified atom stereocenters. The van der Waals surface area contributed by atoms with E-state index in [0.29, 0.717) is 4.77 Å². The van der Waals surface area contributed by atoms with Crippen LogP contribution in [0.3, 0.4) is 0 Å². The molecule has 7 heteroatoms. The van der Waals surface area contributed by atoms with Gasteiger partial charge in [-0.3, -0.25) is 9.67 Å². The molecular formula is C7H10N6S. The van der Waals surface area contributed by atoms with E-state index in [-0.39, 0.29) is 6.04 Å². The van der Waals surface area contributed by atoms with Crippen molar-refractivity contribution in [2.45, 2.75) is 13.0 Å². The lowest BCUT2D eigenvalue weighted by molar-refractivity contribution is 0.566. The van der Waals surface area contributed by atoms with Crippen molar-refractivity contribution in [3.63, 3.8) is 0 Å². The summed E-state index contributed by atoms with van der Waals surface area (Å²) in [5.74, 6) is 0.850. The Labute approximate surface area is 85.6 Å². The molecule has 74 valence electrons. The molecule has 2 aromatic rings. The summed E-state index contributed by atoms with van der Waals surface area (Å²) in [4.78, 5) is 0. The van der Waals surface area contributed by atoms with Crippen LogP contribution in [0.1, 0.15) is 18.8 Å². The highest BCUT2D eigenvalue weighted by atomic mass is 32.1. The average Bonchev–Trinajstić information content (AvgIpc) is 2.73. The zero-order valence-corrected chi connectivity index (χ0v) is 8.69. The highest BCUT2D eigenvalue weighted by molar-refractivity contribution is 7.71. The zero-order valence-electron chi connectivity index (χ0n) is 7.88. The van der Waals surface area contributed by atoms with E-state index in [2.05, 4.69) is 20.4 Å². The molecule has 0 spiro atoms. The highest BCUT2D eigenvalue weighted by Gasteiger charge is 2.13. The van der Waals surface area contributed by atoms with E-state index in [4.69, 9.17) is 12.2 Å². The molecule has 0 aliphatic carbocycles. The Bertz CT molecular complexity index is 480. The van der Waals surface area contributed by atoms with Crippen molar-refractivity contribution in [1.29, 1.82) is 0 Å². The Morgan fingerprint density at radius 1 is 1.50 bits per heavy atom. The van der Waals surface area contributed by atoms with Gasteiger partial charge in [-0.1, -0.05) is 0 Å². The molecule has 6 nitrogen and oxygen atoms in total. The largest absolute Gasteiger partial charge is 0.319 e. The van der Waals surface area contributed by atoms with Crippen LogP contribution in [0.25, 0.3) is 0 Å². The molecular weight excluding hydrogens is 200 g/mol. The molecule has 1 N–H and O–H groups in total. The number of aromatic amines is 1. The standard InChI is InChI=1S/C7H10N6S/c1-5(6-10-8-3-12(6)2)13-4-9-11-7(13)14/h3-5H,1-2H3,(H,11,14). The normalized spacial score (nSPS) is 13.0. The summed E-state index contributed by atoms with van der Waals surface area (Å²) in [6, 6.07) is 0.0359. The number of H-pyrrole nitrogens is 1. The summed E-state index contributed by atoms with van der Waals surface area (Å²) in [6.45, 7) is 2.00. The van der Waals surface area contributed by atoms with E-state index in [0.717, 1.165) is 5.82 Å². The van der Waals surface area contributed by atoms with Crippen LogP contribution in [0.5, 0.6) is 0 Å². The van der Waals surface area contributed by atoms with Crippen LogP contribution in [0.15, 0.2) is 12.7 Å². The number of aromatic nitrogens is 6. The molecule has 0 fully saturated rings. The van der Waals surface area contributed by atoms with Gasteiger partial charge in [-0.2, -0.15) is 5.10 Å². The summed E-state index contributed by atoms with van der Waals surface area (Å²) in [7, 11) is 1.90. The predicted molar refractivity (Wildman–Crippen MR) is 52.2 cm³/mol. The Morgan fingerprint density at radius 3 is 2.79 bits per heavy atom. The Kier molecular flexibility index (Phi) is 2.16. The van der Waals surface area contributed by atoms with Crippen LogP contribution in [0.2, 0.25) is 0 Å². The van der Waals surface area contributed by atoms with Gasteiger partial charge in [0.1, 0.15) is 12.7 Å². The van der Waals surface area contributed by atoms with Crippen LogP contribution in [0, 0.1) is 4.77 Å². The predicted octanol–water partition coefficient (Wildman–Crippen LogP) is 0.678. The van der Waals surface area contributed by atoms with Gasteiger partial charge in [0.2, 0.25) is 0 Å². The number of nitrogens with zero attached hydrogens (tertiary/aromatic N) is 5. The maximum Gasteiger partial charge on any atom is 0.195 e. The number of aryl methyl sites for hydroxylation is 1. The molecule has 0 aliphatic heterocycles. The molecule has 0 saturated carbocycles. The van der Waals surface area contributed by atoms with E-state index in [9.17, 15) is 0 Å². The molecule has 0 amide bonds. The highest BCUT2D eigenvalue weighted by Crippen LogP contribution is 2.13. The van der Waals surface area contributed by atoms with Gasteiger partial charge in [-0.15, -0.1) is 10.2 Å².